The van der Waals surface area contributed by atoms with E-state index in [4.69, 9.17) is 0 Å². The van der Waals surface area contributed by atoms with E-state index < -0.39 is 0 Å². The summed E-state index contributed by atoms with van der Waals surface area (Å²) in [6, 6.07) is 17.8. The van der Waals surface area contributed by atoms with Gasteiger partial charge in [0.15, 0.2) is 0 Å². The lowest BCUT2D eigenvalue weighted by atomic mass is 10.2. The topological polar surface area (TPSA) is 84.0 Å². The fourth-order valence-electron chi connectivity index (χ4n) is 3.15. The maximum absolute atomic E-state index is 12.5. The number of unbranched alkanes of at least 4 members (excludes halogenated alkanes) is 1. The average Bonchev–Trinajstić information content (AvgIpc) is 3.39. The van der Waals surface area contributed by atoms with Crippen LogP contribution in [-0.4, -0.2) is 21.8 Å². The van der Waals surface area contributed by atoms with Crippen molar-refractivity contribution >= 4 is 44.7 Å². The summed E-state index contributed by atoms with van der Waals surface area (Å²) in [7, 11) is 0. The lowest BCUT2D eigenvalue weighted by Gasteiger charge is -2.06. The Morgan fingerprint density at radius 3 is 2.48 bits per heavy atom. The first-order valence-electron chi connectivity index (χ1n) is 10.1. The van der Waals surface area contributed by atoms with Crippen LogP contribution in [0.5, 0.6) is 0 Å². The van der Waals surface area contributed by atoms with Crippen LogP contribution in [0.4, 0.5) is 0 Å². The van der Waals surface area contributed by atoms with Gasteiger partial charge in [0.1, 0.15) is 9.88 Å². The summed E-state index contributed by atoms with van der Waals surface area (Å²) >= 11 is 3.01. The molecule has 0 aliphatic heterocycles. The summed E-state index contributed by atoms with van der Waals surface area (Å²) in [5.74, 6) is -0.553. The predicted octanol–water partition coefficient (Wildman–Crippen LogP) is 4.90. The number of nitrogens with zero attached hydrogens (tertiary/aromatic N) is 2. The van der Waals surface area contributed by atoms with Gasteiger partial charge in [0.25, 0.3) is 5.91 Å². The third-order valence-corrected chi connectivity index (χ3v) is 7.02. The zero-order valence-electron chi connectivity index (χ0n) is 17.1. The maximum Gasteiger partial charge on any atom is 0.281 e. The van der Waals surface area contributed by atoms with Crippen molar-refractivity contribution in [3.8, 4) is 10.6 Å². The molecule has 0 unspecified atom stereocenters. The van der Waals surface area contributed by atoms with Crippen LogP contribution in [0.25, 0.3) is 20.8 Å². The molecule has 0 spiro atoms. The Hall–Kier alpha value is -3.10. The molecule has 6 nitrogen and oxygen atoms in total. The molecular weight excluding hydrogens is 428 g/mol. The number of carbonyl (C=O) groups is 2. The van der Waals surface area contributed by atoms with E-state index in [-0.39, 0.29) is 11.8 Å². The van der Waals surface area contributed by atoms with Crippen LogP contribution >= 0.6 is 22.7 Å². The second-order valence-corrected chi connectivity index (χ2v) is 9.20. The SMILES string of the molecule is Cc1nc(-c2ccccc2)sc1C(=O)NNC(=O)CCCCc1nc2ccccc2s1. The number of amides is 2. The number of rotatable bonds is 7. The molecule has 2 N–H and O–H groups in total. The van der Waals surface area contributed by atoms with Gasteiger partial charge in [-0.05, 0) is 38.3 Å². The fourth-order valence-corrected chi connectivity index (χ4v) is 5.12. The van der Waals surface area contributed by atoms with Gasteiger partial charge in [-0.1, -0.05) is 42.5 Å². The molecule has 0 saturated carbocycles. The van der Waals surface area contributed by atoms with Crippen molar-refractivity contribution in [1.29, 1.82) is 0 Å². The molecule has 31 heavy (non-hydrogen) atoms. The van der Waals surface area contributed by atoms with Crippen LogP contribution in [0.2, 0.25) is 0 Å². The van der Waals surface area contributed by atoms with Crippen LogP contribution in [0.3, 0.4) is 0 Å². The highest BCUT2D eigenvalue weighted by atomic mass is 32.1. The summed E-state index contributed by atoms with van der Waals surface area (Å²) in [4.78, 5) is 34.1. The maximum atomic E-state index is 12.5. The lowest BCUT2D eigenvalue weighted by molar-refractivity contribution is -0.121. The van der Waals surface area contributed by atoms with Gasteiger partial charge in [-0.2, -0.15) is 0 Å². The molecule has 0 aliphatic carbocycles. The molecular formula is C23H22N4O2S2. The van der Waals surface area contributed by atoms with E-state index in [9.17, 15) is 9.59 Å². The van der Waals surface area contributed by atoms with Crippen molar-refractivity contribution < 1.29 is 9.59 Å². The van der Waals surface area contributed by atoms with E-state index >= 15 is 0 Å². The lowest BCUT2D eigenvalue weighted by Crippen LogP contribution is -2.41. The van der Waals surface area contributed by atoms with Crippen LogP contribution in [-0.2, 0) is 11.2 Å². The minimum Gasteiger partial charge on any atom is -0.273 e. The van der Waals surface area contributed by atoms with Gasteiger partial charge in [-0.25, -0.2) is 9.97 Å². The van der Waals surface area contributed by atoms with Crippen LogP contribution < -0.4 is 10.9 Å². The first-order valence-corrected chi connectivity index (χ1v) is 11.7. The van der Waals surface area contributed by atoms with Crippen LogP contribution in [0.15, 0.2) is 54.6 Å². The Kier molecular flexibility index (Phi) is 6.69. The minimum atomic E-state index is -0.347. The minimum absolute atomic E-state index is 0.205. The Balaban J connectivity index is 1.21. The van der Waals surface area contributed by atoms with Crippen LogP contribution in [0.1, 0.15) is 39.6 Å². The number of benzene rings is 2. The third kappa shape index (κ3) is 5.34. The van der Waals surface area contributed by atoms with Gasteiger partial charge in [-0.15, -0.1) is 22.7 Å². The number of aromatic nitrogens is 2. The highest BCUT2D eigenvalue weighted by Gasteiger charge is 2.16. The van der Waals surface area contributed by atoms with Crippen molar-refractivity contribution in [3.63, 3.8) is 0 Å². The van der Waals surface area contributed by atoms with Crippen molar-refractivity contribution in [2.24, 2.45) is 0 Å². The average molecular weight is 451 g/mol. The summed E-state index contributed by atoms with van der Waals surface area (Å²) in [5.41, 5.74) is 7.64. The zero-order chi connectivity index (χ0) is 21.6. The molecule has 8 heteroatoms. The molecule has 0 bridgehead atoms. The summed E-state index contributed by atoms with van der Waals surface area (Å²) in [6.45, 7) is 1.79. The first kappa shape index (κ1) is 21.1. The third-order valence-electron chi connectivity index (χ3n) is 4.72. The van der Waals surface area contributed by atoms with E-state index in [0.717, 1.165) is 40.4 Å². The van der Waals surface area contributed by atoms with E-state index in [1.54, 1.807) is 18.3 Å². The van der Waals surface area contributed by atoms with E-state index in [0.29, 0.717) is 17.0 Å². The highest BCUT2D eigenvalue weighted by molar-refractivity contribution is 7.18. The molecule has 4 rings (SSSR count). The fraction of sp³-hybridized carbons (Fsp3) is 0.217. The number of hydrogen-bond donors (Lipinski definition) is 2. The summed E-state index contributed by atoms with van der Waals surface area (Å²) < 4.78 is 1.19. The van der Waals surface area contributed by atoms with Crippen molar-refractivity contribution in [3.05, 3.63) is 70.2 Å². The standard InChI is InChI=1S/C23H22N4O2S2/c1-15-21(31-23(24-15)16-9-3-2-4-10-16)22(29)27-26-19(28)13-7-8-14-20-25-17-11-5-6-12-18(17)30-20/h2-6,9-12H,7-8,13-14H2,1H3,(H,26,28)(H,27,29). The molecule has 2 aromatic carbocycles. The van der Waals surface area contributed by atoms with E-state index in [1.165, 1.54) is 16.0 Å². The molecule has 0 radical (unpaired) electrons. The monoisotopic (exact) mass is 450 g/mol. The predicted molar refractivity (Wildman–Crippen MR) is 125 cm³/mol. The number of nitrogens with one attached hydrogen (secondary N) is 2. The molecule has 0 saturated heterocycles. The normalized spacial score (nSPS) is 10.9. The molecule has 2 heterocycles. The largest absolute Gasteiger partial charge is 0.281 e. The van der Waals surface area contributed by atoms with Gasteiger partial charge >= 0.3 is 0 Å². The quantitative estimate of drug-likeness (QED) is 0.310. The highest BCUT2D eigenvalue weighted by Crippen LogP contribution is 2.27. The number of aryl methyl sites for hydroxylation is 2. The van der Waals surface area contributed by atoms with Gasteiger partial charge in [0.05, 0.1) is 20.9 Å². The van der Waals surface area contributed by atoms with Crippen LogP contribution in [0, 0.1) is 6.92 Å². The zero-order valence-corrected chi connectivity index (χ0v) is 18.7. The van der Waals surface area contributed by atoms with Gasteiger partial charge < -0.3 is 0 Å². The Bertz CT molecular complexity index is 1170. The van der Waals surface area contributed by atoms with E-state index in [1.807, 2.05) is 48.5 Å². The number of fused-ring (bicyclic) bond motifs is 1. The summed E-state index contributed by atoms with van der Waals surface area (Å²) in [5, 5.41) is 1.87. The van der Waals surface area contributed by atoms with Crippen molar-refractivity contribution in [1.82, 2.24) is 20.8 Å². The second-order valence-electron chi connectivity index (χ2n) is 7.08. The number of thiazole rings is 2. The Labute approximate surface area is 188 Å². The van der Waals surface area contributed by atoms with Crippen molar-refractivity contribution in [2.45, 2.75) is 32.6 Å². The molecule has 2 aromatic heterocycles. The Morgan fingerprint density at radius 1 is 0.903 bits per heavy atom. The Morgan fingerprint density at radius 2 is 1.68 bits per heavy atom. The molecule has 0 fully saturated rings. The summed E-state index contributed by atoms with van der Waals surface area (Å²) in [6.07, 6.45) is 2.80. The molecule has 2 amide bonds. The number of hydrogen-bond acceptors (Lipinski definition) is 6. The van der Waals surface area contributed by atoms with Gasteiger partial charge in [0.2, 0.25) is 5.91 Å². The van der Waals surface area contributed by atoms with E-state index in [2.05, 4.69) is 26.9 Å². The number of hydrazine groups is 1. The first-order chi connectivity index (χ1) is 15.1. The number of carbonyl (C=O) groups excluding carboxylic acids is 2. The van der Waals surface area contributed by atoms with Gasteiger partial charge in [0, 0.05) is 12.0 Å². The van der Waals surface area contributed by atoms with Crippen molar-refractivity contribution in [2.75, 3.05) is 0 Å². The molecule has 0 atom stereocenters. The molecule has 0 aliphatic rings. The smallest absolute Gasteiger partial charge is 0.273 e. The molecule has 4 aromatic rings. The van der Waals surface area contributed by atoms with Gasteiger partial charge in [-0.3, -0.25) is 20.4 Å². The molecule has 158 valence electrons. The number of para-hydroxylation sites is 1. The second kappa shape index (κ2) is 9.80.